The van der Waals surface area contributed by atoms with E-state index in [9.17, 15) is 0 Å². The molecular formula is C29H37N3O3S. The van der Waals surface area contributed by atoms with E-state index in [2.05, 4.69) is 73.9 Å². The molecule has 0 aliphatic carbocycles. The number of hydrogen-bond acceptors (Lipinski definition) is 7. The molecule has 1 fully saturated rings. The summed E-state index contributed by atoms with van der Waals surface area (Å²) in [4.78, 5) is 11.1. The molecule has 0 radical (unpaired) electrons. The summed E-state index contributed by atoms with van der Waals surface area (Å²) in [5.74, 6) is 1.56. The number of hydrogen-bond donors (Lipinski definition) is 0. The Hall–Kier alpha value is -2.45. The van der Waals surface area contributed by atoms with Crippen LogP contribution in [0.1, 0.15) is 57.7 Å². The summed E-state index contributed by atoms with van der Waals surface area (Å²) in [6.07, 6.45) is 0.964. The van der Waals surface area contributed by atoms with Gasteiger partial charge in [-0.25, -0.2) is 4.98 Å². The maximum Gasteiger partial charge on any atom is 0.171 e. The van der Waals surface area contributed by atoms with Crippen LogP contribution >= 0.6 is 11.3 Å². The number of methoxy groups -OCH3 is 2. The average molecular weight is 508 g/mol. The summed E-state index contributed by atoms with van der Waals surface area (Å²) in [5, 5.41) is 1.12. The molecule has 1 saturated heterocycles. The smallest absolute Gasteiger partial charge is 0.171 e. The summed E-state index contributed by atoms with van der Waals surface area (Å²) in [5.41, 5.74) is 6.00. The summed E-state index contributed by atoms with van der Waals surface area (Å²) >= 11 is 1.78. The number of aromatic nitrogens is 1. The number of likely N-dealkylation sites (N-methyl/N-ethyl adjacent to an activating group) is 1. The van der Waals surface area contributed by atoms with Gasteiger partial charge in [-0.1, -0.05) is 38.1 Å². The molecule has 1 aromatic heterocycles. The van der Waals surface area contributed by atoms with Gasteiger partial charge in [0.05, 0.1) is 37.6 Å². The van der Waals surface area contributed by atoms with Crippen LogP contribution < -0.4 is 9.47 Å². The van der Waals surface area contributed by atoms with E-state index in [0.29, 0.717) is 0 Å². The van der Waals surface area contributed by atoms with Gasteiger partial charge in [-0.2, -0.15) is 0 Å². The van der Waals surface area contributed by atoms with Crippen LogP contribution in [-0.2, 0) is 23.4 Å². The van der Waals surface area contributed by atoms with Crippen molar-refractivity contribution >= 4 is 11.3 Å². The molecule has 3 heterocycles. The van der Waals surface area contributed by atoms with Crippen LogP contribution in [0.25, 0.3) is 0 Å². The molecule has 192 valence electrons. The quantitative estimate of drug-likeness (QED) is 0.359. The van der Waals surface area contributed by atoms with E-state index < -0.39 is 0 Å². The number of ether oxygens (including phenoxy) is 3. The van der Waals surface area contributed by atoms with Crippen molar-refractivity contribution in [2.45, 2.75) is 52.4 Å². The molecule has 0 bridgehead atoms. The number of benzene rings is 2. The first-order chi connectivity index (χ1) is 17.4. The van der Waals surface area contributed by atoms with Gasteiger partial charge in [0.25, 0.3) is 0 Å². The first kappa shape index (κ1) is 25.2. The number of nitrogens with zero attached hydrogens (tertiary/aromatic N) is 3. The highest BCUT2D eigenvalue weighted by Gasteiger charge is 2.50. The Kier molecular flexibility index (Phi) is 7.10. The van der Waals surface area contributed by atoms with Crippen molar-refractivity contribution in [1.29, 1.82) is 0 Å². The molecule has 3 aromatic rings. The zero-order valence-electron chi connectivity index (χ0n) is 22.3. The maximum atomic E-state index is 6.02. The molecule has 0 amide bonds. The molecule has 36 heavy (non-hydrogen) atoms. The molecule has 2 aromatic carbocycles. The number of rotatable bonds is 9. The van der Waals surface area contributed by atoms with Gasteiger partial charge < -0.3 is 14.2 Å². The Morgan fingerprint density at radius 2 is 1.75 bits per heavy atom. The minimum absolute atomic E-state index is 0.105. The number of thiazole rings is 1. The third-order valence-electron chi connectivity index (χ3n) is 7.70. The van der Waals surface area contributed by atoms with Crippen molar-refractivity contribution in [1.82, 2.24) is 14.8 Å². The third-order valence-corrected chi connectivity index (χ3v) is 8.62. The van der Waals surface area contributed by atoms with Crippen LogP contribution in [0.15, 0.2) is 36.4 Å². The molecular weight excluding hydrogens is 470 g/mol. The third kappa shape index (κ3) is 4.43. The monoisotopic (exact) mass is 507 g/mol. The minimum Gasteiger partial charge on any atom is -0.493 e. The van der Waals surface area contributed by atoms with Crippen molar-refractivity contribution < 1.29 is 14.2 Å². The zero-order valence-corrected chi connectivity index (χ0v) is 23.1. The predicted molar refractivity (Wildman–Crippen MR) is 144 cm³/mol. The van der Waals surface area contributed by atoms with E-state index in [1.54, 1.807) is 25.6 Å². The van der Waals surface area contributed by atoms with Gasteiger partial charge in [0.1, 0.15) is 0 Å². The van der Waals surface area contributed by atoms with Crippen molar-refractivity contribution in [3.63, 3.8) is 0 Å². The van der Waals surface area contributed by atoms with Crippen LogP contribution in [0, 0.1) is 13.8 Å². The Morgan fingerprint density at radius 1 is 1.08 bits per heavy atom. The minimum atomic E-state index is -0.266. The lowest BCUT2D eigenvalue weighted by atomic mass is 9.87. The molecule has 7 heteroatoms. The summed E-state index contributed by atoms with van der Waals surface area (Å²) in [6, 6.07) is 13.5. The van der Waals surface area contributed by atoms with Crippen molar-refractivity contribution in [3.8, 4) is 11.5 Å². The second-order valence-electron chi connectivity index (χ2n) is 9.63. The second-order valence-corrected chi connectivity index (χ2v) is 11.0. The molecule has 0 saturated carbocycles. The Balaban J connectivity index is 1.55. The molecule has 5 rings (SSSR count). The van der Waals surface area contributed by atoms with Crippen LogP contribution in [-0.4, -0.2) is 55.2 Å². The van der Waals surface area contributed by atoms with Gasteiger partial charge in [0, 0.05) is 23.5 Å². The Labute approximate surface area is 218 Å². The fourth-order valence-corrected chi connectivity index (χ4v) is 6.56. The predicted octanol–water partition coefficient (Wildman–Crippen LogP) is 5.45. The van der Waals surface area contributed by atoms with Crippen LogP contribution in [0.2, 0.25) is 0 Å². The molecule has 2 atom stereocenters. The first-order valence-corrected chi connectivity index (χ1v) is 13.7. The summed E-state index contributed by atoms with van der Waals surface area (Å²) < 4.78 is 17.3. The van der Waals surface area contributed by atoms with Gasteiger partial charge in [-0.05, 0) is 62.2 Å². The van der Waals surface area contributed by atoms with E-state index in [1.807, 2.05) is 0 Å². The summed E-state index contributed by atoms with van der Waals surface area (Å²) in [7, 11) is 3.41. The largest absolute Gasteiger partial charge is 0.493 e. The topological polar surface area (TPSA) is 50.4 Å². The fraction of sp³-hybridized carbons (Fsp3) is 0.483. The van der Waals surface area contributed by atoms with Crippen molar-refractivity contribution in [3.05, 3.63) is 74.2 Å². The van der Waals surface area contributed by atoms with Crippen molar-refractivity contribution in [2.24, 2.45) is 0 Å². The lowest BCUT2D eigenvalue weighted by molar-refractivity contribution is 0.0866. The standard InChI is InChI=1S/C29H37N3O3S/c1-7-32(8-2)29(18-35-29)23-11-9-21(10-12-23)28-24-16-27(34-6)26(33-5)15-22(24)13-14-31(28)17-25-19(3)36-20(4)30-25/h9-12,15-16,28H,7-8,13-14,17-18H2,1-6H3. The Bertz CT molecular complexity index is 1220. The zero-order chi connectivity index (χ0) is 25.4. The Morgan fingerprint density at radius 3 is 2.31 bits per heavy atom. The van der Waals surface area contributed by atoms with E-state index in [-0.39, 0.29) is 11.8 Å². The first-order valence-electron chi connectivity index (χ1n) is 12.8. The van der Waals surface area contributed by atoms with E-state index in [1.165, 1.54) is 32.8 Å². The normalized spacial score (nSPS) is 21.5. The van der Waals surface area contributed by atoms with Crippen LogP contribution in [0.3, 0.4) is 0 Å². The highest BCUT2D eigenvalue weighted by molar-refractivity contribution is 7.11. The molecule has 0 spiro atoms. The van der Waals surface area contributed by atoms with E-state index >= 15 is 0 Å². The SMILES string of the molecule is CCN(CC)C1(c2ccc(C3c4cc(OC)c(OC)cc4CCN3Cc3nc(C)sc3C)cc2)CO1. The fourth-order valence-electron chi connectivity index (χ4n) is 5.73. The molecule has 2 aliphatic rings. The maximum absolute atomic E-state index is 6.02. The van der Waals surface area contributed by atoms with E-state index in [4.69, 9.17) is 19.2 Å². The lowest BCUT2D eigenvalue weighted by Crippen LogP contribution is -2.37. The van der Waals surface area contributed by atoms with Gasteiger partial charge in [-0.3, -0.25) is 9.80 Å². The molecule has 2 aliphatic heterocycles. The summed E-state index contributed by atoms with van der Waals surface area (Å²) in [6.45, 7) is 13.1. The molecule has 0 N–H and O–H groups in total. The average Bonchev–Trinajstić information content (AvgIpc) is 3.63. The molecule has 2 unspecified atom stereocenters. The number of epoxide rings is 1. The second kappa shape index (κ2) is 10.1. The van der Waals surface area contributed by atoms with E-state index in [0.717, 1.165) is 55.7 Å². The van der Waals surface area contributed by atoms with Crippen LogP contribution in [0.5, 0.6) is 11.5 Å². The van der Waals surface area contributed by atoms with Crippen LogP contribution in [0.4, 0.5) is 0 Å². The number of aryl methyl sites for hydroxylation is 2. The van der Waals surface area contributed by atoms with Crippen molar-refractivity contribution in [2.75, 3.05) is 40.5 Å². The van der Waals surface area contributed by atoms with Gasteiger partial charge >= 0.3 is 0 Å². The van der Waals surface area contributed by atoms with Gasteiger partial charge in [0.15, 0.2) is 17.2 Å². The highest BCUT2D eigenvalue weighted by atomic mass is 32.1. The highest BCUT2D eigenvalue weighted by Crippen LogP contribution is 2.45. The van der Waals surface area contributed by atoms with Gasteiger partial charge in [0.2, 0.25) is 0 Å². The van der Waals surface area contributed by atoms with Gasteiger partial charge in [-0.15, -0.1) is 11.3 Å². The lowest BCUT2D eigenvalue weighted by Gasteiger charge is -2.38. The molecule has 6 nitrogen and oxygen atoms in total. The number of fused-ring (bicyclic) bond motifs is 1.